The maximum atomic E-state index is 13.8. The van der Waals surface area contributed by atoms with Gasteiger partial charge in [0.15, 0.2) is 5.52 Å². The molecule has 0 aliphatic heterocycles. The summed E-state index contributed by atoms with van der Waals surface area (Å²) in [5.41, 5.74) is -1.32. The van der Waals surface area contributed by atoms with Crippen molar-refractivity contribution in [2.45, 2.75) is 79.1 Å². The molecule has 9 heteroatoms. The summed E-state index contributed by atoms with van der Waals surface area (Å²) in [6.07, 6.45) is 0. The molecule has 0 aromatic heterocycles. The van der Waals surface area contributed by atoms with Crippen molar-refractivity contribution in [3.05, 3.63) is 29.8 Å². The van der Waals surface area contributed by atoms with Crippen molar-refractivity contribution in [1.29, 1.82) is 0 Å². The van der Waals surface area contributed by atoms with Gasteiger partial charge in [-0.3, -0.25) is 4.79 Å². The summed E-state index contributed by atoms with van der Waals surface area (Å²) in [6, 6.07) is 6.98. The molecule has 37 heavy (non-hydrogen) atoms. The smallest absolute Gasteiger partial charge is 0.496 e. The van der Waals surface area contributed by atoms with Crippen molar-refractivity contribution >= 4 is 19.4 Å². The minimum Gasteiger partial charge on any atom is -0.496 e. The predicted octanol–water partition coefficient (Wildman–Crippen LogP) is 3.39. The van der Waals surface area contributed by atoms with Crippen LogP contribution in [0.1, 0.15) is 72.7 Å². The van der Waals surface area contributed by atoms with Gasteiger partial charge in [-0.2, -0.15) is 0 Å². The fraction of sp³-hybridized carbons (Fsp3) is 0.536. The van der Waals surface area contributed by atoms with Gasteiger partial charge < -0.3 is 28.4 Å². The van der Waals surface area contributed by atoms with E-state index in [1.165, 1.54) is 14.2 Å². The van der Waals surface area contributed by atoms with Crippen LogP contribution in [0.25, 0.3) is 0 Å². The Morgan fingerprint density at radius 1 is 0.595 bits per heavy atom. The Hall–Kier alpha value is -2.06. The Labute approximate surface area is 235 Å². The first-order valence-electron chi connectivity index (χ1n) is 11.8. The number of hydrogen-bond acceptors (Lipinski definition) is 7. The molecule has 0 spiro atoms. The molecule has 0 bridgehead atoms. The van der Waals surface area contributed by atoms with Crippen molar-refractivity contribution in [3.8, 4) is 34.5 Å². The van der Waals surface area contributed by atoms with Crippen molar-refractivity contribution in [2.75, 3.05) is 21.3 Å². The van der Waals surface area contributed by atoms with Gasteiger partial charge in [-0.1, -0.05) is 0 Å². The molecule has 1 atom stereocenters. The molecular formula is C28H41LiO7P+. The number of rotatable bonds is 9. The van der Waals surface area contributed by atoms with Crippen molar-refractivity contribution in [2.24, 2.45) is 0 Å². The SMILES string of the molecule is COc1cc(OC)c(C(=O)Pc2c(OC(C)(C)C)cc(OC(C)(C)C)cc2OC(C)(C)C)c(OC)c1.[Li+]. The Balaban J connectivity index is 0.00000684. The fourth-order valence-corrected chi connectivity index (χ4v) is 4.42. The molecule has 1 unspecified atom stereocenters. The third kappa shape index (κ3) is 9.97. The zero-order chi connectivity index (χ0) is 27.5. The summed E-state index contributed by atoms with van der Waals surface area (Å²) < 4.78 is 35.2. The van der Waals surface area contributed by atoms with E-state index in [4.69, 9.17) is 28.4 Å². The molecule has 0 N–H and O–H groups in total. The third-order valence-electron chi connectivity index (χ3n) is 4.48. The second kappa shape index (κ2) is 12.7. The molecule has 7 nitrogen and oxygen atoms in total. The summed E-state index contributed by atoms with van der Waals surface area (Å²) in [5.74, 6) is 2.92. The Morgan fingerprint density at radius 3 is 1.30 bits per heavy atom. The first-order chi connectivity index (χ1) is 16.5. The monoisotopic (exact) mass is 527 g/mol. The number of methoxy groups -OCH3 is 3. The average molecular weight is 528 g/mol. The third-order valence-corrected chi connectivity index (χ3v) is 5.70. The van der Waals surface area contributed by atoms with Gasteiger partial charge in [0.1, 0.15) is 56.9 Å². The molecule has 0 amide bonds. The van der Waals surface area contributed by atoms with Gasteiger partial charge in [-0.25, -0.2) is 0 Å². The Kier molecular flexibility index (Phi) is 11.3. The molecule has 0 aliphatic carbocycles. The molecule has 0 saturated heterocycles. The number of benzene rings is 2. The zero-order valence-corrected chi connectivity index (χ0v) is 25.7. The molecular weight excluding hydrogens is 486 g/mol. The van der Waals surface area contributed by atoms with Gasteiger partial charge in [0, 0.05) is 24.3 Å². The van der Waals surface area contributed by atoms with E-state index < -0.39 is 16.8 Å². The van der Waals surface area contributed by atoms with E-state index in [9.17, 15) is 4.79 Å². The Bertz CT molecular complexity index is 1020. The van der Waals surface area contributed by atoms with Crippen LogP contribution in [0.5, 0.6) is 34.5 Å². The number of carbonyl (C=O) groups is 1. The van der Waals surface area contributed by atoms with Crippen molar-refractivity contribution in [1.82, 2.24) is 0 Å². The van der Waals surface area contributed by atoms with Crippen LogP contribution >= 0.6 is 8.58 Å². The van der Waals surface area contributed by atoms with Gasteiger partial charge in [0.05, 0.1) is 26.6 Å². The van der Waals surface area contributed by atoms with Gasteiger partial charge in [0.25, 0.3) is 0 Å². The first-order valence-corrected chi connectivity index (χ1v) is 12.8. The molecule has 2 aromatic rings. The minimum atomic E-state index is -0.517. The second-order valence-corrected chi connectivity index (χ2v) is 12.5. The minimum absolute atomic E-state index is 0. The molecule has 2 aromatic carbocycles. The van der Waals surface area contributed by atoms with Crippen molar-refractivity contribution in [3.63, 3.8) is 0 Å². The Morgan fingerprint density at radius 2 is 0.973 bits per heavy atom. The summed E-state index contributed by atoms with van der Waals surface area (Å²) in [7, 11) is 4.22. The summed E-state index contributed by atoms with van der Waals surface area (Å²) in [4.78, 5) is 13.8. The van der Waals surface area contributed by atoms with E-state index in [2.05, 4.69) is 0 Å². The maximum absolute atomic E-state index is 13.8. The maximum Gasteiger partial charge on any atom is 1.00 e. The number of hydrogen-bond donors (Lipinski definition) is 0. The molecule has 200 valence electrons. The molecule has 0 heterocycles. The van der Waals surface area contributed by atoms with Gasteiger partial charge in [-0.05, 0) is 70.9 Å². The largest absolute Gasteiger partial charge is 1.00 e. The summed E-state index contributed by atoms with van der Waals surface area (Å²) in [5, 5.41) is 0.644. The molecule has 0 saturated carbocycles. The summed E-state index contributed by atoms with van der Waals surface area (Å²) >= 11 is 0. The molecule has 2 rings (SSSR count). The zero-order valence-electron chi connectivity index (χ0n) is 24.7. The molecule has 0 aliphatic rings. The second-order valence-electron chi connectivity index (χ2n) is 11.3. The van der Waals surface area contributed by atoms with Crippen LogP contribution in [0.4, 0.5) is 0 Å². The van der Waals surface area contributed by atoms with Crippen LogP contribution in [0.2, 0.25) is 0 Å². The van der Waals surface area contributed by atoms with Crippen LogP contribution in [0.15, 0.2) is 24.3 Å². The van der Waals surface area contributed by atoms with E-state index in [1.54, 1.807) is 19.2 Å². The van der Waals surface area contributed by atoms with Crippen LogP contribution in [0, 0.1) is 0 Å². The molecule has 0 fully saturated rings. The van der Waals surface area contributed by atoms with Gasteiger partial charge in [0.2, 0.25) is 0 Å². The van der Waals surface area contributed by atoms with E-state index in [0.717, 1.165) is 0 Å². The quantitative estimate of drug-likeness (QED) is 0.366. The topological polar surface area (TPSA) is 72.5 Å². The van der Waals surface area contributed by atoms with E-state index >= 15 is 0 Å². The predicted molar refractivity (Wildman–Crippen MR) is 146 cm³/mol. The van der Waals surface area contributed by atoms with E-state index in [-0.39, 0.29) is 33.0 Å². The van der Waals surface area contributed by atoms with Crippen LogP contribution in [-0.2, 0) is 0 Å². The fourth-order valence-electron chi connectivity index (χ4n) is 3.33. The van der Waals surface area contributed by atoms with Crippen LogP contribution in [-0.4, -0.2) is 43.7 Å². The van der Waals surface area contributed by atoms with E-state index in [1.807, 2.05) is 74.4 Å². The average Bonchev–Trinajstić information content (AvgIpc) is 2.71. The standard InChI is InChI=1S/C28H41O7P.Li/c1-26(2,3)33-18-15-21(34-27(4,5)6)24(22(16-18)35-28(7,8)9)36-25(29)23-19(31-11)13-17(30-10)14-20(23)32-12;/h13-16,36H,1-12H3;/q;+1. The summed E-state index contributed by atoms with van der Waals surface area (Å²) in [6.45, 7) is 17.7. The normalized spacial score (nSPS) is 12.1. The number of carbonyl (C=O) groups excluding carboxylic acids is 1. The van der Waals surface area contributed by atoms with Crippen LogP contribution < -0.4 is 52.6 Å². The first kappa shape index (κ1) is 33.0. The van der Waals surface area contributed by atoms with Gasteiger partial charge in [-0.15, -0.1) is 0 Å². The van der Waals surface area contributed by atoms with Crippen molar-refractivity contribution < 1.29 is 52.1 Å². The van der Waals surface area contributed by atoms with Crippen LogP contribution in [0.3, 0.4) is 0 Å². The van der Waals surface area contributed by atoms with Gasteiger partial charge >= 0.3 is 18.9 Å². The molecule has 0 radical (unpaired) electrons. The number of ether oxygens (including phenoxy) is 6. The van der Waals surface area contributed by atoms with E-state index in [0.29, 0.717) is 45.4 Å².